The van der Waals surface area contributed by atoms with Gasteiger partial charge in [-0.2, -0.15) is 0 Å². The molecule has 3 aromatic rings. The summed E-state index contributed by atoms with van der Waals surface area (Å²) >= 11 is 3.78. The first kappa shape index (κ1) is 24.0. The normalized spacial score (nSPS) is 13.8. The zero-order valence-corrected chi connectivity index (χ0v) is 21.8. The van der Waals surface area contributed by atoms with Crippen LogP contribution in [-0.4, -0.2) is 35.8 Å². The van der Waals surface area contributed by atoms with Gasteiger partial charge < -0.3 is 19.2 Å². The minimum atomic E-state index is -0.440. The first-order valence-electron chi connectivity index (χ1n) is 11.3. The zero-order chi connectivity index (χ0) is 23.4. The van der Waals surface area contributed by atoms with Gasteiger partial charge in [-0.15, -0.1) is 11.3 Å². The van der Waals surface area contributed by atoms with Gasteiger partial charge in [0.15, 0.2) is 18.1 Å². The van der Waals surface area contributed by atoms with E-state index in [9.17, 15) is 9.59 Å². The summed E-state index contributed by atoms with van der Waals surface area (Å²) in [5, 5.41) is 0.745. The number of esters is 1. The fourth-order valence-electron chi connectivity index (χ4n) is 4.10. The van der Waals surface area contributed by atoms with E-state index in [4.69, 9.17) is 19.2 Å². The van der Waals surface area contributed by atoms with Crippen LogP contribution in [-0.2, 0) is 22.4 Å². The third kappa shape index (κ3) is 5.34. The van der Waals surface area contributed by atoms with Gasteiger partial charge in [0, 0.05) is 10.4 Å². The molecule has 0 unspecified atom stereocenters. The predicted octanol–water partition coefficient (Wildman–Crippen LogP) is 5.26. The highest BCUT2D eigenvalue weighted by Crippen LogP contribution is 2.38. The summed E-state index contributed by atoms with van der Waals surface area (Å²) < 4.78 is 17.2. The number of rotatable bonds is 7. The van der Waals surface area contributed by atoms with Crippen molar-refractivity contribution in [3.05, 3.63) is 36.5 Å². The molecule has 1 N–H and O–H groups in total. The van der Waals surface area contributed by atoms with Crippen molar-refractivity contribution in [1.29, 1.82) is 0 Å². The number of hydrogen-bond acceptors (Lipinski definition) is 7. The standard InChI is InChI=1S/C24H27IN2O5S/c1-3-30-17-12-14(11-16(25)21(17)32-13-19(28)31-4-2)22-26-23(29)20-15-9-7-5-6-8-10-18(15)33-24(20)27-22/h11-12H,3-10,13H2,1-2H3,(H,26,27,29). The molecule has 176 valence electrons. The van der Waals surface area contributed by atoms with E-state index in [1.807, 2.05) is 13.0 Å². The smallest absolute Gasteiger partial charge is 0.344 e. The van der Waals surface area contributed by atoms with Gasteiger partial charge in [-0.05, 0) is 79.8 Å². The molecule has 0 spiro atoms. The largest absolute Gasteiger partial charge is 0.490 e. The Hall–Kier alpha value is -2.14. The molecular formula is C24H27IN2O5S. The fraction of sp³-hybridized carbons (Fsp3) is 0.458. The van der Waals surface area contributed by atoms with E-state index in [1.54, 1.807) is 24.3 Å². The SMILES string of the molecule is CCOC(=O)COc1c(I)cc(-c2nc3sc4c(c3c(=O)[nH]2)CCCCCC4)cc1OCC. The second kappa shape index (κ2) is 10.9. The molecular weight excluding hydrogens is 555 g/mol. The topological polar surface area (TPSA) is 90.5 Å². The highest BCUT2D eigenvalue weighted by molar-refractivity contribution is 14.1. The van der Waals surface area contributed by atoms with Gasteiger partial charge in [0.1, 0.15) is 10.7 Å². The number of aromatic amines is 1. The van der Waals surface area contributed by atoms with Gasteiger partial charge in [0.25, 0.3) is 5.56 Å². The third-order valence-electron chi connectivity index (χ3n) is 5.55. The van der Waals surface area contributed by atoms with Crippen LogP contribution in [0.1, 0.15) is 50.0 Å². The van der Waals surface area contributed by atoms with E-state index in [0.29, 0.717) is 30.5 Å². The summed E-state index contributed by atoms with van der Waals surface area (Å²) in [6.07, 6.45) is 6.69. The van der Waals surface area contributed by atoms with E-state index < -0.39 is 5.97 Å². The number of halogens is 1. The summed E-state index contributed by atoms with van der Waals surface area (Å²) in [6.45, 7) is 4.15. The Morgan fingerprint density at radius 3 is 2.67 bits per heavy atom. The van der Waals surface area contributed by atoms with Gasteiger partial charge in [-0.3, -0.25) is 4.79 Å². The first-order valence-corrected chi connectivity index (χ1v) is 13.2. The summed E-state index contributed by atoms with van der Waals surface area (Å²) in [5.41, 5.74) is 1.82. The minimum Gasteiger partial charge on any atom is -0.490 e. The Morgan fingerprint density at radius 2 is 1.91 bits per heavy atom. The monoisotopic (exact) mass is 582 g/mol. The number of aromatic nitrogens is 2. The van der Waals surface area contributed by atoms with Crippen LogP contribution < -0.4 is 15.0 Å². The number of benzene rings is 1. The fourth-order valence-corrected chi connectivity index (χ4v) is 6.11. The van der Waals surface area contributed by atoms with Crippen LogP contribution in [0.4, 0.5) is 0 Å². The van der Waals surface area contributed by atoms with Crippen LogP contribution in [0.3, 0.4) is 0 Å². The van der Waals surface area contributed by atoms with Crippen LogP contribution in [0.5, 0.6) is 11.5 Å². The Labute approximate surface area is 210 Å². The number of carbonyl (C=O) groups excluding carboxylic acids is 1. The summed E-state index contributed by atoms with van der Waals surface area (Å²) in [5.74, 6) is 1.02. The number of ether oxygens (including phenoxy) is 3. The molecule has 1 aliphatic carbocycles. The summed E-state index contributed by atoms with van der Waals surface area (Å²) in [6, 6.07) is 3.66. The zero-order valence-electron chi connectivity index (χ0n) is 18.8. The van der Waals surface area contributed by atoms with Crippen molar-refractivity contribution in [2.75, 3.05) is 19.8 Å². The lowest BCUT2D eigenvalue weighted by atomic mass is 9.98. The lowest BCUT2D eigenvalue weighted by Gasteiger charge is -2.15. The summed E-state index contributed by atoms with van der Waals surface area (Å²) in [7, 11) is 0. The van der Waals surface area contributed by atoms with E-state index >= 15 is 0 Å². The second-order valence-electron chi connectivity index (χ2n) is 7.82. The molecule has 9 heteroatoms. The lowest BCUT2D eigenvalue weighted by molar-refractivity contribution is -0.145. The average molecular weight is 582 g/mol. The number of carbonyl (C=O) groups is 1. The van der Waals surface area contributed by atoms with Gasteiger partial charge >= 0.3 is 5.97 Å². The molecule has 2 heterocycles. The van der Waals surface area contributed by atoms with Crippen LogP contribution in [0.15, 0.2) is 16.9 Å². The molecule has 33 heavy (non-hydrogen) atoms. The maximum atomic E-state index is 13.1. The van der Waals surface area contributed by atoms with Crippen molar-refractivity contribution < 1.29 is 19.0 Å². The Bertz CT molecular complexity index is 1220. The van der Waals surface area contributed by atoms with Crippen molar-refractivity contribution in [3.63, 3.8) is 0 Å². The number of hydrogen-bond donors (Lipinski definition) is 1. The maximum Gasteiger partial charge on any atom is 0.344 e. The van der Waals surface area contributed by atoms with E-state index in [0.717, 1.165) is 45.0 Å². The van der Waals surface area contributed by atoms with Crippen molar-refractivity contribution >= 4 is 50.1 Å². The van der Waals surface area contributed by atoms with Gasteiger partial charge in [-0.25, -0.2) is 9.78 Å². The Morgan fingerprint density at radius 1 is 1.12 bits per heavy atom. The van der Waals surface area contributed by atoms with Crippen molar-refractivity contribution in [1.82, 2.24) is 9.97 Å². The Kier molecular flexibility index (Phi) is 7.90. The molecule has 1 aromatic carbocycles. The molecule has 0 fully saturated rings. The maximum absolute atomic E-state index is 13.1. The molecule has 1 aliphatic rings. The molecule has 0 amide bonds. The average Bonchev–Trinajstić information content (AvgIpc) is 3.10. The molecule has 0 radical (unpaired) electrons. The molecule has 0 atom stereocenters. The van der Waals surface area contributed by atoms with Crippen LogP contribution in [0.2, 0.25) is 0 Å². The molecule has 2 aromatic heterocycles. The van der Waals surface area contributed by atoms with Crippen molar-refractivity contribution in [2.24, 2.45) is 0 Å². The molecule has 0 aliphatic heterocycles. The first-order chi connectivity index (χ1) is 16.0. The quantitative estimate of drug-likeness (QED) is 0.302. The number of aryl methyl sites for hydroxylation is 2. The van der Waals surface area contributed by atoms with Gasteiger partial charge in [-0.1, -0.05) is 12.8 Å². The van der Waals surface area contributed by atoms with Gasteiger partial charge in [0.2, 0.25) is 0 Å². The number of H-pyrrole nitrogens is 1. The van der Waals surface area contributed by atoms with Gasteiger partial charge in [0.05, 0.1) is 22.2 Å². The molecule has 0 saturated carbocycles. The van der Waals surface area contributed by atoms with Crippen LogP contribution in [0, 0.1) is 3.57 Å². The van der Waals surface area contributed by atoms with Crippen LogP contribution in [0.25, 0.3) is 21.6 Å². The number of thiophene rings is 1. The van der Waals surface area contributed by atoms with Crippen LogP contribution >= 0.6 is 33.9 Å². The van der Waals surface area contributed by atoms with E-state index in [2.05, 4.69) is 27.6 Å². The molecule has 0 saturated heterocycles. The number of nitrogens with one attached hydrogen (secondary N) is 1. The highest BCUT2D eigenvalue weighted by atomic mass is 127. The van der Waals surface area contributed by atoms with Crippen molar-refractivity contribution in [2.45, 2.75) is 52.4 Å². The summed E-state index contributed by atoms with van der Waals surface area (Å²) in [4.78, 5) is 34.7. The van der Waals surface area contributed by atoms with Crippen molar-refractivity contribution in [3.8, 4) is 22.9 Å². The highest BCUT2D eigenvalue weighted by Gasteiger charge is 2.20. The van der Waals surface area contributed by atoms with E-state index in [1.165, 1.54) is 23.3 Å². The predicted molar refractivity (Wildman–Crippen MR) is 138 cm³/mol. The minimum absolute atomic E-state index is 0.0938. The number of fused-ring (bicyclic) bond motifs is 3. The lowest BCUT2D eigenvalue weighted by Crippen LogP contribution is -2.15. The Balaban J connectivity index is 1.72. The molecule has 0 bridgehead atoms. The third-order valence-corrected chi connectivity index (χ3v) is 7.53. The molecule has 7 nitrogen and oxygen atoms in total. The number of nitrogens with zero attached hydrogens (tertiary/aromatic N) is 1. The molecule has 4 rings (SSSR count). The van der Waals surface area contributed by atoms with E-state index in [-0.39, 0.29) is 12.2 Å². The second-order valence-corrected chi connectivity index (χ2v) is 10.1.